The van der Waals surface area contributed by atoms with Crippen molar-refractivity contribution in [3.63, 3.8) is 0 Å². The fourth-order valence-electron chi connectivity index (χ4n) is 2.96. The normalized spacial score (nSPS) is 19.7. The Labute approximate surface area is 201 Å². The number of primary amides is 1. The molecule has 6 N–H and O–H groups in total. The van der Waals surface area contributed by atoms with E-state index in [4.69, 9.17) is 16.3 Å². The van der Waals surface area contributed by atoms with Crippen molar-refractivity contribution in [2.45, 2.75) is 24.8 Å². The molecule has 1 saturated heterocycles. The number of hydrogen-bond donors (Lipinski definition) is 4. The number of ether oxygens (including phenoxy) is 1. The van der Waals surface area contributed by atoms with Gasteiger partial charge in [-0.25, -0.2) is 14.6 Å². The smallest absolute Gasteiger partial charge is 0.404 e. The molecule has 13 nitrogen and oxygen atoms in total. The highest BCUT2D eigenvalue weighted by molar-refractivity contribution is 8.00. The number of nitrogen functional groups attached to an aromatic ring is 1. The average Bonchev–Trinajstić information content (AvgIpc) is 3.18. The Balaban J connectivity index is 0.00000385. The van der Waals surface area contributed by atoms with Gasteiger partial charge in [0.15, 0.2) is 10.8 Å². The number of thioether (sulfide) groups is 1. The maximum Gasteiger partial charge on any atom is 0.404 e. The molecular weight excluding hydrogens is 500 g/mol. The number of rotatable bonds is 9. The van der Waals surface area contributed by atoms with Crippen LogP contribution >= 0.6 is 35.5 Å². The van der Waals surface area contributed by atoms with E-state index >= 15 is 0 Å². The zero-order valence-corrected chi connectivity index (χ0v) is 19.6. The van der Waals surface area contributed by atoms with Crippen molar-refractivity contribution in [2.75, 3.05) is 24.7 Å². The molecular formula is C17H21ClN6O7S2. The highest BCUT2D eigenvalue weighted by atomic mass is 35.5. The molecule has 2 aliphatic rings. The fourth-order valence-corrected chi connectivity index (χ4v) is 4.84. The lowest BCUT2D eigenvalue weighted by atomic mass is 10.0. The molecule has 0 aromatic carbocycles. The van der Waals surface area contributed by atoms with Gasteiger partial charge in [-0.15, -0.1) is 35.5 Å². The number of β-lactam (4-membered cyclic amide) rings is 1. The summed E-state index contributed by atoms with van der Waals surface area (Å²) in [5, 5.41) is 17.1. The molecule has 0 radical (unpaired) electrons. The number of nitrogens with one attached hydrogen (secondary N) is 1. The van der Waals surface area contributed by atoms with Gasteiger partial charge in [-0.1, -0.05) is 12.1 Å². The number of anilines is 1. The zero-order chi connectivity index (χ0) is 23.4. The fraction of sp³-hybridized carbons (Fsp3) is 0.412. The molecule has 3 rings (SSSR count). The molecule has 1 aromatic heterocycles. The van der Waals surface area contributed by atoms with E-state index in [-0.39, 0.29) is 59.2 Å². The summed E-state index contributed by atoms with van der Waals surface area (Å²) < 4.78 is 4.68. The molecule has 1 fully saturated rings. The summed E-state index contributed by atoms with van der Waals surface area (Å²) in [7, 11) is 0. The molecule has 1 aromatic rings. The lowest BCUT2D eigenvalue weighted by Gasteiger charge is -2.49. The van der Waals surface area contributed by atoms with Crippen LogP contribution in [0.15, 0.2) is 21.8 Å². The molecule has 16 heteroatoms. The third-order valence-corrected chi connectivity index (χ3v) is 6.37. The van der Waals surface area contributed by atoms with Crippen LogP contribution in [0.4, 0.5) is 9.93 Å². The predicted molar refractivity (Wildman–Crippen MR) is 122 cm³/mol. The van der Waals surface area contributed by atoms with Gasteiger partial charge in [-0.2, -0.15) is 0 Å². The summed E-state index contributed by atoms with van der Waals surface area (Å²) in [6, 6.07) is -0.993. The van der Waals surface area contributed by atoms with E-state index in [1.54, 1.807) is 0 Å². The average molecular weight is 521 g/mol. The van der Waals surface area contributed by atoms with E-state index in [1.165, 1.54) is 17.1 Å². The van der Waals surface area contributed by atoms with Gasteiger partial charge in [0.25, 0.3) is 11.8 Å². The van der Waals surface area contributed by atoms with Crippen LogP contribution in [0.5, 0.6) is 0 Å². The quantitative estimate of drug-likeness (QED) is 0.150. The third-order valence-electron chi connectivity index (χ3n) is 4.36. The maximum absolute atomic E-state index is 12.8. The number of fused-ring (bicyclic) bond motifs is 1. The molecule has 0 aliphatic carbocycles. The Morgan fingerprint density at radius 1 is 1.42 bits per heavy atom. The van der Waals surface area contributed by atoms with Gasteiger partial charge in [-0.3, -0.25) is 14.5 Å². The lowest BCUT2D eigenvalue weighted by Crippen LogP contribution is -2.71. The Morgan fingerprint density at radius 2 is 2.15 bits per heavy atom. The van der Waals surface area contributed by atoms with Gasteiger partial charge in [0.05, 0.1) is 0 Å². The number of carbonyl (C=O) groups excluding carboxylic acids is 3. The molecule has 0 spiro atoms. The van der Waals surface area contributed by atoms with Gasteiger partial charge in [0.2, 0.25) is 0 Å². The van der Waals surface area contributed by atoms with E-state index in [0.29, 0.717) is 6.42 Å². The van der Waals surface area contributed by atoms with E-state index in [2.05, 4.69) is 20.2 Å². The van der Waals surface area contributed by atoms with E-state index in [1.807, 2.05) is 6.92 Å². The second kappa shape index (κ2) is 11.2. The van der Waals surface area contributed by atoms with Gasteiger partial charge in [-0.05, 0) is 6.42 Å². The first kappa shape index (κ1) is 26.2. The molecule has 2 atom stereocenters. The minimum absolute atomic E-state index is 0. The number of aromatic nitrogens is 1. The molecule has 3 heterocycles. The molecule has 3 amide bonds. The monoisotopic (exact) mass is 520 g/mol. The van der Waals surface area contributed by atoms with E-state index in [9.17, 15) is 24.3 Å². The van der Waals surface area contributed by atoms with Crippen molar-refractivity contribution in [3.8, 4) is 0 Å². The molecule has 2 aliphatic heterocycles. The van der Waals surface area contributed by atoms with Crippen LogP contribution in [0.3, 0.4) is 0 Å². The number of nitrogens with zero attached hydrogens (tertiary/aromatic N) is 3. The van der Waals surface area contributed by atoms with Gasteiger partial charge < -0.3 is 31.5 Å². The molecule has 33 heavy (non-hydrogen) atoms. The standard InChI is InChI=1S/C17H20N6O7S2.ClH/c1-2-3-30-22-9(8-6-32-16(18)20-8)12(24)21-10-13(25)23-11(15(26)27)7(4-29-17(19)28)5-31-14(10)23;/h6,10,14H,2-5H2,1H3,(H2,18,20)(H2,19,28)(H,21,24)(H,26,27);1H/t10?,14-;/m1./s1. The summed E-state index contributed by atoms with van der Waals surface area (Å²) in [5.41, 5.74) is 10.5. The summed E-state index contributed by atoms with van der Waals surface area (Å²) in [6.45, 7) is 1.79. The van der Waals surface area contributed by atoms with Crippen molar-refractivity contribution in [1.82, 2.24) is 15.2 Å². The van der Waals surface area contributed by atoms with Gasteiger partial charge in [0, 0.05) is 16.7 Å². The van der Waals surface area contributed by atoms with Crippen molar-refractivity contribution < 1.29 is 33.9 Å². The van der Waals surface area contributed by atoms with Crippen LogP contribution in [-0.2, 0) is 24.0 Å². The minimum Gasteiger partial charge on any atom is -0.477 e. The van der Waals surface area contributed by atoms with Crippen molar-refractivity contribution in [1.29, 1.82) is 0 Å². The zero-order valence-electron chi connectivity index (χ0n) is 17.2. The molecule has 0 bridgehead atoms. The van der Waals surface area contributed by atoms with Crippen LogP contribution < -0.4 is 16.8 Å². The van der Waals surface area contributed by atoms with Crippen LogP contribution in [-0.4, -0.2) is 75.0 Å². The van der Waals surface area contributed by atoms with Crippen LogP contribution in [0.1, 0.15) is 19.0 Å². The predicted octanol–water partition coefficient (Wildman–Crippen LogP) is 0.112. The number of nitrogens with two attached hydrogens (primary N) is 2. The van der Waals surface area contributed by atoms with Crippen LogP contribution in [0.25, 0.3) is 0 Å². The summed E-state index contributed by atoms with van der Waals surface area (Å²) in [5.74, 6) is -2.53. The molecule has 180 valence electrons. The van der Waals surface area contributed by atoms with Gasteiger partial charge >= 0.3 is 12.1 Å². The number of thiazole rings is 1. The number of aliphatic carboxylic acids is 1. The second-order valence-corrected chi connectivity index (χ2v) is 8.56. The topological polar surface area (TPSA) is 200 Å². The number of amides is 3. The SMILES string of the molecule is CCCON=C(C(=O)NC1C(=O)N2C(C(=O)O)=C(COC(N)=O)CS[C@H]12)c1csc(N)n1.Cl. The number of carboxylic acids is 1. The van der Waals surface area contributed by atoms with Gasteiger partial charge in [0.1, 0.15) is 36.0 Å². The maximum atomic E-state index is 12.8. The third kappa shape index (κ3) is 5.66. The number of carbonyl (C=O) groups is 4. The number of carboxylic acid groups (broad SMARTS) is 1. The van der Waals surface area contributed by atoms with Crippen molar-refractivity contribution >= 4 is 70.2 Å². The van der Waals surface area contributed by atoms with Crippen LogP contribution in [0.2, 0.25) is 0 Å². The first-order valence-electron chi connectivity index (χ1n) is 9.29. The van der Waals surface area contributed by atoms with Crippen LogP contribution in [0, 0.1) is 0 Å². The van der Waals surface area contributed by atoms with E-state index < -0.39 is 35.3 Å². The number of oxime groups is 1. The lowest BCUT2D eigenvalue weighted by molar-refractivity contribution is -0.150. The van der Waals surface area contributed by atoms with Crippen molar-refractivity contribution in [2.24, 2.45) is 10.9 Å². The minimum atomic E-state index is -1.36. The summed E-state index contributed by atoms with van der Waals surface area (Å²) >= 11 is 2.33. The number of hydrogen-bond acceptors (Lipinski definition) is 11. The van der Waals surface area contributed by atoms with Crippen molar-refractivity contribution in [3.05, 3.63) is 22.3 Å². The Bertz CT molecular complexity index is 1010. The summed E-state index contributed by atoms with van der Waals surface area (Å²) in [4.78, 5) is 58.4. The highest BCUT2D eigenvalue weighted by Gasteiger charge is 2.54. The Morgan fingerprint density at radius 3 is 2.73 bits per heavy atom. The Kier molecular flexibility index (Phi) is 8.90. The molecule has 0 saturated carbocycles. The second-order valence-electron chi connectivity index (χ2n) is 6.57. The number of halogens is 1. The summed E-state index contributed by atoms with van der Waals surface area (Å²) in [6.07, 6.45) is -0.396. The Hall–Kier alpha value is -3.04. The first-order valence-corrected chi connectivity index (χ1v) is 11.2. The largest absolute Gasteiger partial charge is 0.477 e. The highest BCUT2D eigenvalue weighted by Crippen LogP contribution is 2.40. The first-order chi connectivity index (χ1) is 15.2. The molecule has 1 unspecified atom stereocenters. The van der Waals surface area contributed by atoms with E-state index in [0.717, 1.165) is 16.2 Å².